The van der Waals surface area contributed by atoms with E-state index in [1.165, 1.54) is 23.5 Å². The standard InChI is InChI=1S/C24H43P2.H2O2.Pd/c1-21(2,3)25(22(4,5)6)17-19-14-13-15-20(16-19)18-26(23(7,8)9)24(10,11)12;1-2;/h13-15H,17-18H2,1-12H3;1-2H;/q-1;;. The van der Waals surface area contributed by atoms with Crippen LogP contribution in [0, 0.1) is 6.07 Å². The van der Waals surface area contributed by atoms with Crippen LogP contribution < -0.4 is 0 Å². The van der Waals surface area contributed by atoms with Crippen molar-refractivity contribution in [2.24, 2.45) is 0 Å². The molecule has 0 aliphatic heterocycles. The van der Waals surface area contributed by atoms with Gasteiger partial charge < -0.3 is 0 Å². The SMILES string of the molecule is CC(C)(C)P(Cc1[c-]c(CP(C(C)(C)C)C(C)(C)C)ccc1)C(C)(C)C.OO.[Pd]. The van der Waals surface area contributed by atoms with E-state index < -0.39 is 0 Å². The first-order chi connectivity index (χ1) is 12.4. The van der Waals surface area contributed by atoms with Crippen molar-refractivity contribution >= 4 is 15.8 Å². The van der Waals surface area contributed by atoms with Gasteiger partial charge in [-0.15, -0.1) is 0 Å². The summed E-state index contributed by atoms with van der Waals surface area (Å²) in [6.45, 7) is 28.9. The first-order valence-electron chi connectivity index (χ1n) is 10.2. The smallest absolute Gasteiger partial charge is 0 e. The van der Waals surface area contributed by atoms with E-state index in [0.717, 1.165) is 0 Å². The Hall–Kier alpha value is 0.662. The molecule has 0 fully saturated rings. The van der Waals surface area contributed by atoms with Crippen LogP contribution in [0.3, 0.4) is 0 Å². The van der Waals surface area contributed by atoms with Gasteiger partial charge in [-0.25, -0.2) is 0 Å². The minimum absolute atomic E-state index is 0. The van der Waals surface area contributed by atoms with E-state index in [9.17, 15) is 0 Å². The molecular formula is C24H45O2P2Pd-. The Morgan fingerprint density at radius 3 is 1.07 bits per heavy atom. The van der Waals surface area contributed by atoms with E-state index in [-0.39, 0.29) is 36.3 Å². The van der Waals surface area contributed by atoms with Crippen LogP contribution in [0.5, 0.6) is 0 Å². The summed E-state index contributed by atoms with van der Waals surface area (Å²) in [4.78, 5) is 0. The van der Waals surface area contributed by atoms with Gasteiger partial charge in [0, 0.05) is 20.4 Å². The van der Waals surface area contributed by atoms with Gasteiger partial charge in [-0.3, -0.25) is 10.5 Å². The fourth-order valence-electron chi connectivity index (χ4n) is 4.06. The van der Waals surface area contributed by atoms with Crippen molar-refractivity contribution in [2.45, 2.75) is 116 Å². The van der Waals surface area contributed by atoms with Gasteiger partial charge in [-0.1, -0.05) is 98.9 Å². The summed E-state index contributed by atoms with van der Waals surface area (Å²) in [6, 6.07) is 10.7. The van der Waals surface area contributed by atoms with Gasteiger partial charge in [0.05, 0.1) is 0 Å². The molecule has 1 aromatic rings. The van der Waals surface area contributed by atoms with E-state index in [2.05, 4.69) is 107 Å². The third-order valence-corrected chi connectivity index (χ3v) is 12.6. The van der Waals surface area contributed by atoms with Crippen molar-refractivity contribution in [3.8, 4) is 0 Å². The monoisotopic (exact) mass is 533 g/mol. The summed E-state index contributed by atoms with van der Waals surface area (Å²) in [7, 11) is -0.246. The molecule has 29 heavy (non-hydrogen) atoms. The second-order valence-electron chi connectivity index (χ2n) is 11.6. The maximum atomic E-state index is 6.00. The molecule has 0 unspecified atom stereocenters. The molecule has 0 aliphatic carbocycles. The molecule has 0 spiro atoms. The molecule has 5 heteroatoms. The third-order valence-electron chi connectivity index (χ3n) is 4.81. The van der Waals surface area contributed by atoms with Crippen molar-refractivity contribution in [1.82, 2.24) is 0 Å². The average Bonchev–Trinajstić information content (AvgIpc) is 2.48. The summed E-state index contributed by atoms with van der Waals surface area (Å²) >= 11 is 0. The summed E-state index contributed by atoms with van der Waals surface area (Å²) < 4.78 is 0. The number of hydrogen-bond acceptors (Lipinski definition) is 2. The van der Waals surface area contributed by atoms with Crippen LogP contribution in [0.25, 0.3) is 0 Å². The van der Waals surface area contributed by atoms with Crippen molar-refractivity contribution in [3.63, 3.8) is 0 Å². The van der Waals surface area contributed by atoms with Crippen LogP contribution in [0.1, 0.15) is 94.2 Å². The predicted octanol–water partition coefficient (Wildman–Crippen LogP) is 8.66. The molecule has 0 saturated carbocycles. The normalized spacial score (nSPS) is 13.1. The summed E-state index contributed by atoms with van der Waals surface area (Å²) in [6.07, 6.45) is 2.36. The fourth-order valence-corrected chi connectivity index (χ4v) is 11.0. The van der Waals surface area contributed by atoms with Gasteiger partial charge in [0.2, 0.25) is 0 Å². The van der Waals surface area contributed by atoms with Crippen molar-refractivity contribution in [3.05, 3.63) is 35.4 Å². The molecule has 0 aromatic heterocycles. The molecule has 0 bridgehead atoms. The third kappa shape index (κ3) is 11.2. The van der Waals surface area contributed by atoms with Gasteiger partial charge in [0.1, 0.15) is 0 Å². The van der Waals surface area contributed by atoms with E-state index >= 15 is 0 Å². The first kappa shape index (κ1) is 31.8. The Bertz CT molecular complexity index is 513. The van der Waals surface area contributed by atoms with Crippen LogP contribution in [0.2, 0.25) is 0 Å². The minimum atomic E-state index is -0.123. The Labute approximate surface area is 197 Å². The van der Waals surface area contributed by atoms with Crippen LogP contribution in [-0.2, 0) is 32.7 Å². The fraction of sp³-hybridized carbons (Fsp3) is 0.750. The molecule has 0 aliphatic rings. The maximum absolute atomic E-state index is 6.00. The van der Waals surface area contributed by atoms with E-state index in [1.54, 1.807) is 0 Å². The molecule has 1 aromatic carbocycles. The second-order valence-corrected chi connectivity index (χ2v) is 19.3. The topological polar surface area (TPSA) is 40.5 Å². The van der Waals surface area contributed by atoms with Crippen LogP contribution in [-0.4, -0.2) is 31.1 Å². The Morgan fingerprint density at radius 1 is 0.621 bits per heavy atom. The zero-order chi connectivity index (χ0) is 22.6. The van der Waals surface area contributed by atoms with E-state index in [4.69, 9.17) is 10.5 Å². The quantitative estimate of drug-likeness (QED) is 0.134. The molecule has 2 nitrogen and oxygen atoms in total. The Kier molecular flexibility index (Phi) is 13.2. The van der Waals surface area contributed by atoms with Crippen molar-refractivity contribution in [2.75, 3.05) is 0 Å². The zero-order valence-electron chi connectivity index (χ0n) is 20.8. The summed E-state index contributed by atoms with van der Waals surface area (Å²) in [5, 5.41) is 13.4. The van der Waals surface area contributed by atoms with Gasteiger partial charge in [0.25, 0.3) is 0 Å². The predicted molar refractivity (Wildman–Crippen MR) is 131 cm³/mol. The second kappa shape index (κ2) is 12.1. The number of rotatable bonds is 4. The average molecular weight is 534 g/mol. The largest absolute Gasteiger partial charge is 0.255 e. The molecule has 0 heterocycles. The maximum Gasteiger partial charge on any atom is 0 e. The van der Waals surface area contributed by atoms with Crippen molar-refractivity contribution < 1.29 is 30.9 Å². The van der Waals surface area contributed by atoms with Crippen LogP contribution in [0.4, 0.5) is 0 Å². The first-order valence-corrected chi connectivity index (χ1v) is 13.2. The van der Waals surface area contributed by atoms with Gasteiger partial charge in [-0.2, -0.15) is 35.4 Å². The molecular weight excluding hydrogens is 489 g/mol. The Balaban J connectivity index is 0. The summed E-state index contributed by atoms with van der Waals surface area (Å²) in [5.41, 5.74) is 2.83. The molecule has 1 rings (SSSR count). The number of hydrogen-bond donors (Lipinski definition) is 2. The van der Waals surface area contributed by atoms with Crippen LogP contribution >= 0.6 is 15.8 Å². The van der Waals surface area contributed by atoms with Gasteiger partial charge in [0.15, 0.2) is 0 Å². The molecule has 174 valence electrons. The molecule has 0 amide bonds. The van der Waals surface area contributed by atoms with Gasteiger partial charge >= 0.3 is 0 Å². The molecule has 2 N–H and O–H groups in total. The number of benzene rings is 1. The van der Waals surface area contributed by atoms with Gasteiger partial charge in [-0.05, 0) is 32.9 Å². The van der Waals surface area contributed by atoms with E-state index in [1.807, 2.05) is 0 Å². The van der Waals surface area contributed by atoms with Crippen molar-refractivity contribution in [1.29, 1.82) is 0 Å². The van der Waals surface area contributed by atoms with E-state index in [0.29, 0.717) is 20.6 Å². The molecule has 0 atom stereocenters. The Morgan fingerprint density at radius 2 is 0.862 bits per heavy atom. The zero-order valence-corrected chi connectivity index (χ0v) is 24.1. The molecule has 0 radical (unpaired) electrons. The molecule has 0 saturated heterocycles. The minimum Gasteiger partial charge on any atom is -0.255 e. The van der Waals surface area contributed by atoms with Crippen LogP contribution in [0.15, 0.2) is 18.2 Å². The summed E-state index contributed by atoms with van der Waals surface area (Å²) in [5.74, 6) is 0.